The molecule has 0 radical (unpaired) electrons. The first kappa shape index (κ1) is 9.01. The monoisotopic (exact) mass is 213 g/mol. The van der Waals surface area contributed by atoms with Crippen LogP contribution in [0.4, 0.5) is 0 Å². The van der Waals surface area contributed by atoms with Crippen molar-refractivity contribution >= 4 is 20.9 Å². The van der Waals surface area contributed by atoms with Crippen LogP contribution >= 0.6 is 0 Å². The average molecular weight is 213 g/mol. The number of hydrogen-bond donors (Lipinski definition) is 1. The molecule has 0 saturated carbocycles. The van der Waals surface area contributed by atoms with Gasteiger partial charge < -0.3 is 4.42 Å². The third-order valence-electron chi connectivity index (χ3n) is 1.82. The lowest BCUT2D eigenvalue weighted by Gasteiger charge is -1.95. The highest BCUT2D eigenvalue weighted by molar-refractivity contribution is 7.90. The van der Waals surface area contributed by atoms with Gasteiger partial charge in [0, 0.05) is 12.3 Å². The van der Waals surface area contributed by atoms with Crippen LogP contribution in [-0.4, -0.2) is 19.7 Å². The van der Waals surface area contributed by atoms with E-state index < -0.39 is 15.6 Å². The maximum atomic E-state index is 11.2. The van der Waals surface area contributed by atoms with Gasteiger partial charge in [-0.1, -0.05) is 0 Å². The van der Waals surface area contributed by atoms with Crippen molar-refractivity contribution in [2.75, 3.05) is 6.26 Å². The number of H-pyrrole nitrogens is 1. The summed E-state index contributed by atoms with van der Waals surface area (Å²) in [5.41, 5.74) is 0.736. The highest BCUT2D eigenvalue weighted by Gasteiger charge is 2.09. The van der Waals surface area contributed by atoms with Crippen LogP contribution in [0.25, 0.3) is 11.1 Å². The van der Waals surface area contributed by atoms with E-state index in [-0.39, 0.29) is 10.5 Å². The van der Waals surface area contributed by atoms with Crippen LogP contribution in [0.15, 0.2) is 32.3 Å². The van der Waals surface area contributed by atoms with Gasteiger partial charge in [-0.15, -0.1) is 0 Å². The van der Waals surface area contributed by atoms with Gasteiger partial charge in [0.1, 0.15) is 0 Å². The number of benzene rings is 1. The van der Waals surface area contributed by atoms with Crippen LogP contribution in [0.1, 0.15) is 0 Å². The van der Waals surface area contributed by atoms with E-state index in [4.69, 9.17) is 4.42 Å². The zero-order valence-electron chi connectivity index (χ0n) is 7.27. The Morgan fingerprint density at radius 3 is 2.71 bits per heavy atom. The van der Waals surface area contributed by atoms with Crippen molar-refractivity contribution < 1.29 is 12.8 Å². The average Bonchev–Trinajstić information content (AvgIpc) is 2.41. The predicted molar refractivity (Wildman–Crippen MR) is 49.9 cm³/mol. The molecule has 1 aromatic carbocycles. The van der Waals surface area contributed by atoms with E-state index in [0.717, 1.165) is 6.26 Å². The second-order valence-electron chi connectivity index (χ2n) is 2.94. The lowest BCUT2D eigenvalue weighted by Crippen LogP contribution is -1.95. The number of nitrogens with one attached hydrogen (secondary N) is 1. The zero-order chi connectivity index (χ0) is 10.3. The third kappa shape index (κ3) is 1.44. The summed E-state index contributed by atoms with van der Waals surface area (Å²) in [7, 11) is -3.26. The molecule has 2 rings (SSSR count). The molecule has 1 aromatic heterocycles. The van der Waals surface area contributed by atoms with E-state index in [1.165, 1.54) is 18.2 Å². The number of aromatic nitrogens is 1. The standard InChI is InChI=1S/C8H7NO4S/c1-14(11,12)5-2-3-6-7(4-5)13-8(10)9-6/h2-4H,1H3,(H,9,10). The first-order valence-electron chi connectivity index (χ1n) is 3.80. The van der Waals surface area contributed by atoms with E-state index in [2.05, 4.69) is 4.98 Å². The first-order valence-corrected chi connectivity index (χ1v) is 5.69. The maximum Gasteiger partial charge on any atom is 0.417 e. The summed E-state index contributed by atoms with van der Waals surface area (Å²) in [6.07, 6.45) is 1.10. The van der Waals surface area contributed by atoms with Gasteiger partial charge in [0.25, 0.3) is 0 Å². The van der Waals surface area contributed by atoms with Gasteiger partial charge in [0.2, 0.25) is 0 Å². The summed E-state index contributed by atoms with van der Waals surface area (Å²) in [5, 5.41) is 0. The van der Waals surface area contributed by atoms with Gasteiger partial charge >= 0.3 is 5.76 Å². The molecule has 0 saturated heterocycles. The van der Waals surface area contributed by atoms with Crippen LogP contribution < -0.4 is 5.76 Å². The summed E-state index contributed by atoms with van der Waals surface area (Å²) in [6, 6.07) is 4.24. The number of fused-ring (bicyclic) bond motifs is 1. The molecular weight excluding hydrogens is 206 g/mol. The van der Waals surface area contributed by atoms with E-state index in [1.54, 1.807) is 0 Å². The molecule has 0 aliphatic heterocycles. The quantitative estimate of drug-likeness (QED) is 0.749. The minimum atomic E-state index is -3.26. The summed E-state index contributed by atoms with van der Waals surface area (Å²) in [6.45, 7) is 0. The molecule has 0 aliphatic carbocycles. The predicted octanol–water partition coefficient (Wildman–Crippen LogP) is 0.525. The topological polar surface area (TPSA) is 80.1 Å². The molecule has 14 heavy (non-hydrogen) atoms. The van der Waals surface area contributed by atoms with E-state index >= 15 is 0 Å². The van der Waals surface area contributed by atoms with Crippen LogP contribution in [0.3, 0.4) is 0 Å². The normalized spacial score (nSPS) is 12.1. The van der Waals surface area contributed by atoms with Gasteiger partial charge in [-0.3, -0.25) is 4.98 Å². The Morgan fingerprint density at radius 2 is 2.07 bits per heavy atom. The molecule has 0 unspecified atom stereocenters. The molecule has 74 valence electrons. The Bertz CT molecular complexity index is 635. The van der Waals surface area contributed by atoms with Crippen molar-refractivity contribution in [2.45, 2.75) is 4.90 Å². The molecule has 0 amide bonds. The number of sulfone groups is 1. The van der Waals surface area contributed by atoms with Gasteiger partial charge in [0.05, 0.1) is 10.4 Å². The molecule has 5 nitrogen and oxygen atoms in total. The van der Waals surface area contributed by atoms with Crippen molar-refractivity contribution in [1.82, 2.24) is 4.98 Å². The Kier molecular flexibility index (Phi) is 1.75. The van der Waals surface area contributed by atoms with Crippen molar-refractivity contribution in [3.05, 3.63) is 28.7 Å². The van der Waals surface area contributed by atoms with Crippen molar-refractivity contribution in [2.24, 2.45) is 0 Å². The second kappa shape index (κ2) is 2.71. The summed E-state index contributed by atoms with van der Waals surface area (Å²) in [5.74, 6) is -0.592. The van der Waals surface area contributed by atoms with Crippen LogP contribution in [0.5, 0.6) is 0 Å². The summed E-state index contributed by atoms with van der Waals surface area (Å²) in [4.78, 5) is 13.3. The van der Waals surface area contributed by atoms with E-state index in [1.807, 2.05) is 0 Å². The van der Waals surface area contributed by atoms with Crippen molar-refractivity contribution in [3.63, 3.8) is 0 Å². The number of aromatic amines is 1. The van der Waals surface area contributed by atoms with Gasteiger partial charge in [0.15, 0.2) is 15.4 Å². The fourth-order valence-electron chi connectivity index (χ4n) is 1.16. The van der Waals surface area contributed by atoms with Crippen LogP contribution in [0.2, 0.25) is 0 Å². The van der Waals surface area contributed by atoms with Gasteiger partial charge in [-0.25, -0.2) is 13.2 Å². The van der Waals surface area contributed by atoms with Gasteiger partial charge in [-0.05, 0) is 12.1 Å². The number of hydrogen-bond acceptors (Lipinski definition) is 4. The Labute approximate surface area is 79.3 Å². The number of oxazole rings is 1. The van der Waals surface area contributed by atoms with Crippen LogP contribution in [-0.2, 0) is 9.84 Å². The maximum absolute atomic E-state index is 11.2. The Morgan fingerprint density at radius 1 is 1.36 bits per heavy atom. The molecule has 0 atom stereocenters. The highest BCUT2D eigenvalue weighted by atomic mass is 32.2. The van der Waals surface area contributed by atoms with E-state index in [0.29, 0.717) is 5.52 Å². The Hall–Kier alpha value is -1.56. The summed E-state index contributed by atoms with van der Waals surface area (Å²) >= 11 is 0. The molecular formula is C8H7NO4S. The van der Waals surface area contributed by atoms with Crippen molar-refractivity contribution in [1.29, 1.82) is 0 Å². The fraction of sp³-hybridized carbons (Fsp3) is 0.125. The molecule has 0 aliphatic rings. The largest absolute Gasteiger partial charge is 0.417 e. The Balaban J connectivity index is 2.80. The van der Waals surface area contributed by atoms with Gasteiger partial charge in [-0.2, -0.15) is 0 Å². The summed E-state index contributed by atoms with van der Waals surface area (Å²) < 4.78 is 27.0. The molecule has 2 aromatic rings. The fourth-order valence-corrected chi connectivity index (χ4v) is 1.79. The van der Waals surface area contributed by atoms with Crippen LogP contribution in [0, 0.1) is 0 Å². The first-order chi connectivity index (χ1) is 6.47. The third-order valence-corrected chi connectivity index (χ3v) is 2.93. The molecule has 1 N–H and O–H groups in total. The van der Waals surface area contributed by atoms with Crippen molar-refractivity contribution in [3.8, 4) is 0 Å². The molecule has 6 heteroatoms. The minimum absolute atomic E-state index is 0.132. The SMILES string of the molecule is CS(=O)(=O)c1ccc2[nH]c(=O)oc2c1. The minimum Gasteiger partial charge on any atom is -0.408 e. The second-order valence-corrected chi connectivity index (χ2v) is 4.96. The van der Waals surface area contributed by atoms with E-state index in [9.17, 15) is 13.2 Å². The highest BCUT2D eigenvalue weighted by Crippen LogP contribution is 2.15. The number of rotatable bonds is 1. The molecule has 0 bridgehead atoms. The molecule has 1 heterocycles. The molecule has 0 fully saturated rings. The lowest BCUT2D eigenvalue weighted by atomic mass is 10.3. The molecule has 0 spiro atoms. The lowest BCUT2D eigenvalue weighted by molar-refractivity contribution is 0.554. The zero-order valence-corrected chi connectivity index (χ0v) is 8.09. The smallest absolute Gasteiger partial charge is 0.408 e.